The molecule has 4 rings (SSSR count). The number of nitrogens with zero attached hydrogens (tertiary/aromatic N) is 1. The molecule has 1 heterocycles. The van der Waals surface area contributed by atoms with Crippen LogP contribution in [-0.2, 0) is 6.54 Å². The Kier molecular flexibility index (Phi) is 4.67. The van der Waals surface area contributed by atoms with Gasteiger partial charge in [0.2, 0.25) is 0 Å². The smallest absolute Gasteiger partial charge is 0.150 e. The fourth-order valence-corrected chi connectivity index (χ4v) is 3.81. The van der Waals surface area contributed by atoms with Gasteiger partial charge in [-0.15, -0.1) is 0 Å². The van der Waals surface area contributed by atoms with Crippen molar-refractivity contribution in [2.24, 2.45) is 0 Å². The van der Waals surface area contributed by atoms with E-state index in [1.165, 1.54) is 10.8 Å². The summed E-state index contributed by atoms with van der Waals surface area (Å²) < 4.78 is 4.35. The van der Waals surface area contributed by atoms with Gasteiger partial charge in [-0.2, -0.15) is 0 Å². The van der Waals surface area contributed by atoms with Gasteiger partial charge in [0.15, 0.2) is 0 Å². The van der Waals surface area contributed by atoms with Gasteiger partial charge in [-0.05, 0) is 48.5 Å². The Morgan fingerprint density at radius 3 is 1.96 bits per heavy atom. The van der Waals surface area contributed by atoms with E-state index in [4.69, 9.17) is 0 Å². The lowest BCUT2D eigenvalue weighted by atomic mass is 10.1. The number of hydrogen-bond donors (Lipinski definition) is 0. The lowest BCUT2D eigenvalue weighted by molar-refractivity contribution is 0.112. The minimum absolute atomic E-state index is 0.596. The van der Waals surface area contributed by atoms with Crippen molar-refractivity contribution in [1.82, 2.24) is 4.57 Å². The van der Waals surface area contributed by atoms with Gasteiger partial charge in [0, 0.05) is 30.8 Å². The summed E-state index contributed by atoms with van der Waals surface area (Å²) in [6.07, 6.45) is 0.839. The summed E-state index contributed by atoms with van der Waals surface area (Å²) in [6.45, 7) is 0.596. The molecule has 0 aliphatic heterocycles. The van der Waals surface area contributed by atoms with Crippen LogP contribution in [0.15, 0.2) is 69.6 Å². The van der Waals surface area contributed by atoms with Crippen LogP contribution in [0, 0.1) is 11.8 Å². The average Bonchev–Trinajstić information content (AvgIpc) is 2.95. The third kappa shape index (κ3) is 3.21. The van der Waals surface area contributed by atoms with Crippen LogP contribution in [0.1, 0.15) is 15.9 Å². The summed E-state index contributed by atoms with van der Waals surface area (Å²) in [7, 11) is 0. The topological polar surface area (TPSA) is 22.0 Å². The minimum Gasteiger partial charge on any atom is -0.329 e. The van der Waals surface area contributed by atoms with E-state index in [-0.39, 0.29) is 0 Å². The number of carbonyl (C=O) groups is 1. The average molecular weight is 467 g/mol. The van der Waals surface area contributed by atoms with Crippen molar-refractivity contribution in [3.63, 3.8) is 0 Å². The highest BCUT2D eigenvalue weighted by molar-refractivity contribution is 9.10. The van der Waals surface area contributed by atoms with Crippen molar-refractivity contribution in [2.75, 3.05) is 0 Å². The highest BCUT2D eigenvalue weighted by atomic mass is 79.9. The molecule has 0 spiro atoms. The van der Waals surface area contributed by atoms with Gasteiger partial charge >= 0.3 is 0 Å². The number of fused-ring (bicyclic) bond motifs is 3. The van der Waals surface area contributed by atoms with Crippen LogP contribution in [0.2, 0.25) is 0 Å². The fourth-order valence-electron chi connectivity index (χ4n) is 3.08. The second-order valence-electron chi connectivity index (χ2n) is 5.95. The summed E-state index contributed by atoms with van der Waals surface area (Å²) in [5, 5.41) is 2.40. The van der Waals surface area contributed by atoms with E-state index in [0.29, 0.717) is 12.1 Å². The largest absolute Gasteiger partial charge is 0.329 e. The molecule has 26 heavy (non-hydrogen) atoms. The summed E-state index contributed by atoms with van der Waals surface area (Å²) in [5.41, 5.74) is 3.88. The van der Waals surface area contributed by atoms with Gasteiger partial charge in [0.25, 0.3) is 0 Å². The number of aldehydes is 1. The quantitative estimate of drug-likeness (QED) is 0.255. The van der Waals surface area contributed by atoms with Crippen LogP contribution in [-0.4, -0.2) is 10.9 Å². The first-order valence-corrected chi connectivity index (χ1v) is 9.65. The number of rotatable bonds is 2. The Balaban J connectivity index is 1.78. The zero-order chi connectivity index (χ0) is 18.1. The molecule has 0 saturated carbocycles. The van der Waals surface area contributed by atoms with Crippen LogP contribution in [0.25, 0.3) is 21.8 Å². The number of aromatic nitrogens is 1. The summed E-state index contributed by atoms with van der Waals surface area (Å²) in [6, 6.07) is 19.9. The zero-order valence-corrected chi connectivity index (χ0v) is 16.8. The highest BCUT2D eigenvalue weighted by Gasteiger charge is 2.10. The summed E-state index contributed by atoms with van der Waals surface area (Å²) >= 11 is 7.13. The number of carbonyl (C=O) groups excluding carboxylic acids is 1. The van der Waals surface area contributed by atoms with E-state index in [9.17, 15) is 4.79 Å². The minimum atomic E-state index is 0.596. The molecule has 0 fully saturated rings. The lowest BCUT2D eigenvalue weighted by Gasteiger charge is -2.02. The monoisotopic (exact) mass is 465 g/mol. The molecule has 0 radical (unpaired) electrons. The highest BCUT2D eigenvalue weighted by Crippen LogP contribution is 2.32. The van der Waals surface area contributed by atoms with Gasteiger partial charge in [-0.25, -0.2) is 0 Å². The van der Waals surface area contributed by atoms with E-state index in [1.54, 1.807) is 12.1 Å². The second kappa shape index (κ2) is 7.11. The maximum absolute atomic E-state index is 10.7. The number of halogens is 2. The Bertz CT molecular complexity index is 1130. The van der Waals surface area contributed by atoms with Crippen molar-refractivity contribution in [2.45, 2.75) is 6.54 Å². The molecule has 0 unspecified atom stereocenters. The molecular formula is C22H13Br2NO. The molecule has 126 valence electrons. The molecule has 2 nitrogen and oxygen atoms in total. The molecule has 0 bridgehead atoms. The lowest BCUT2D eigenvalue weighted by Crippen LogP contribution is -1.95. The zero-order valence-electron chi connectivity index (χ0n) is 13.7. The molecule has 3 aromatic carbocycles. The van der Waals surface area contributed by atoms with Crippen molar-refractivity contribution in [3.8, 4) is 11.8 Å². The predicted octanol–water partition coefficient (Wildman–Crippen LogP) is 6.18. The van der Waals surface area contributed by atoms with Gasteiger partial charge in [-0.1, -0.05) is 55.8 Å². The fraction of sp³-hybridized carbons (Fsp3) is 0.0455. The van der Waals surface area contributed by atoms with E-state index < -0.39 is 0 Å². The first kappa shape index (κ1) is 17.1. The Morgan fingerprint density at radius 1 is 0.846 bits per heavy atom. The summed E-state index contributed by atoms with van der Waals surface area (Å²) in [5.74, 6) is 6.44. The van der Waals surface area contributed by atoms with Crippen molar-refractivity contribution in [3.05, 3.63) is 80.7 Å². The van der Waals surface area contributed by atoms with Crippen LogP contribution < -0.4 is 0 Å². The maximum atomic E-state index is 10.7. The van der Waals surface area contributed by atoms with E-state index in [0.717, 1.165) is 31.8 Å². The molecule has 0 atom stereocenters. The van der Waals surface area contributed by atoms with Crippen LogP contribution in [0.3, 0.4) is 0 Å². The predicted molar refractivity (Wildman–Crippen MR) is 114 cm³/mol. The van der Waals surface area contributed by atoms with Gasteiger partial charge in [-0.3, -0.25) is 4.79 Å². The normalized spacial score (nSPS) is 10.7. The molecule has 0 saturated heterocycles. The molecule has 0 aliphatic carbocycles. The Labute approximate surface area is 168 Å². The third-order valence-electron chi connectivity index (χ3n) is 4.31. The Hall–Kier alpha value is -2.35. The van der Waals surface area contributed by atoms with E-state index in [2.05, 4.69) is 84.7 Å². The van der Waals surface area contributed by atoms with Crippen LogP contribution in [0.4, 0.5) is 0 Å². The first-order valence-electron chi connectivity index (χ1n) is 8.07. The van der Waals surface area contributed by atoms with Crippen molar-refractivity contribution in [1.29, 1.82) is 0 Å². The maximum Gasteiger partial charge on any atom is 0.150 e. The summed E-state index contributed by atoms with van der Waals surface area (Å²) in [4.78, 5) is 10.7. The van der Waals surface area contributed by atoms with E-state index >= 15 is 0 Å². The van der Waals surface area contributed by atoms with Gasteiger partial charge < -0.3 is 4.57 Å². The van der Waals surface area contributed by atoms with Crippen molar-refractivity contribution >= 4 is 60.0 Å². The van der Waals surface area contributed by atoms with E-state index in [1.807, 2.05) is 12.1 Å². The first-order chi connectivity index (χ1) is 12.7. The second-order valence-corrected chi connectivity index (χ2v) is 7.78. The SMILES string of the molecule is O=Cc1ccc(C#CCn2c3ccc(Br)cc3c3cc(Br)ccc32)cc1. The standard InChI is InChI=1S/C22H13Br2NO/c23-17-7-9-21-19(12-17)20-13-18(24)8-10-22(20)25(21)11-1-2-15-3-5-16(14-26)6-4-15/h3-10,12-14H,11H2. The Morgan fingerprint density at radius 2 is 1.42 bits per heavy atom. The molecule has 0 N–H and O–H groups in total. The van der Waals surface area contributed by atoms with Crippen LogP contribution >= 0.6 is 31.9 Å². The third-order valence-corrected chi connectivity index (χ3v) is 5.29. The van der Waals surface area contributed by atoms with Gasteiger partial charge in [0.05, 0.1) is 17.6 Å². The number of hydrogen-bond acceptors (Lipinski definition) is 1. The molecule has 0 amide bonds. The molecule has 0 aliphatic rings. The number of benzene rings is 3. The molecule has 1 aromatic heterocycles. The van der Waals surface area contributed by atoms with Crippen LogP contribution in [0.5, 0.6) is 0 Å². The molecule has 4 aromatic rings. The van der Waals surface area contributed by atoms with Crippen molar-refractivity contribution < 1.29 is 4.79 Å². The van der Waals surface area contributed by atoms with Gasteiger partial charge in [0.1, 0.15) is 6.29 Å². The molecule has 4 heteroatoms. The molecular weight excluding hydrogens is 454 g/mol.